The van der Waals surface area contributed by atoms with E-state index in [1.807, 2.05) is 19.1 Å². The average molecular weight is 274 g/mol. The van der Waals surface area contributed by atoms with E-state index in [4.69, 9.17) is 0 Å². The van der Waals surface area contributed by atoms with Gasteiger partial charge in [0, 0.05) is 5.69 Å². The Morgan fingerprint density at radius 3 is 2.35 bits per heavy atom. The summed E-state index contributed by atoms with van der Waals surface area (Å²) in [5, 5.41) is 6.37. The third-order valence-electron chi connectivity index (χ3n) is 4.13. The van der Waals surface area contributed by atoms with Gasteiger partial charge in [-0.1, -0.05) is 32.9 Å². The molecule has 1 heterocycles. The second kappa shape index (κ2) is 5.57. The molecule has 3 nitrogen and oxygen atoms in total. The molecule has 0 aromatic heterocycles. The highest BCUT2D eigenvalue weighted by Crippen LogP contribution is 2.25. The standard InChI is InChI=1S/C17H26N2O/c1-16(2,3)13-7-9-14(10-8-13)19-15(20)17(4)11-5-6-12-18-17/h7-10,18H,5-6,11-12H2,1-4H3,(H,19,20). The number of piperidine rings is 1. The van der Waals surface area contributed by atoms with Gasteiger partial charge in [-0.15, -0.1) is 0 Å². The number of carbonyl (C=O) groups is 1. The van der Waals surface area contributed by atoms with Crippen LogP contribution < -0.4 is 10.6 Å². The summed E-state index contributed by atoms with van der Waals surface area (Å²) >= 11 is 0. The number of hydrogen-bond acceptors (Lipinski definition) is 2. The van der Waals surface area contributed by atoms with Crippen molar-refractivity contribution in [3.63, 3.8) is 0 Å². The Balaban J connectivity index is 2.04. The van der Waals surface area contributed by atoms with Crippen LogP contribution in [0.2, 0.25) is 0 Å². The SMILES string of the molecule is CC1(C(=O)Nc2ccc(C(C)(C)C)cc2)CCCCN1. The maximum absolute atomic E-state index is 12.4. The zero-order valence-electron chi connectivity index (χ0n) is 13.0. The molecule has 1 fully saturated rings. The van der Waals surface area contributed by atoms with Gasteiger partial charge in [0.2, 0.25) is 5.91 Å². The van der Waals surface area contributed by atoms with Crippen molar-refractivity contribution < 1.29 is 4.79 Å². The Labute approximate surface area is 122 Å². The van der Waals surface area contributed by atoms with E-state index >= 15 is 0 Å². The number of amides is 1. The molecular weight excluding hydrogens is 248 g/mol. The van der Waals surface area contributed by atoms with Gasteiger partial charge < -0.3 is 10.6 Å². The summed E-state index contributed by atoms with van der Waals surface area (Å²) in [6.45, 7) is 9.48. The van der Waals surface area contributed by atoms with E-state index in [2.05, 4.69) is 43.5 Å². The molecule has 0 spiro atoms. The fourth-order valence-electron chi connectivity index (χ4n) is 2.57. The molecule has 1 amide bonds. The molecule has 110 valence electrons. The lowest BCUT2D eigenvalue weighted by atomic mass is 9.87. The van der Waals surface area contributed by atoms with Gasteiger partial charge in [0.05, 0.1) is 5.54 Å². The summed E-state index contributed by atoms with van der Waals surface area (Å²) in [6, 6.07) is 8.16. The lowest BCUT2D eigenvalue weighted by molar-refractivity contribution is -0.122. The lowest BCUT2D eigenvalue weighted by Crippen LogP contribution is -2.54. The highest BCUT2D eigenvalue weighted by molar-refractivity contribution is 5.97. The topological polar surface area (TPSA) is 41.1 Å². The molecule has 0 bridgehead atoms. The second-order valence-corrected chi connectivity index (χ2v) is 7.00. The Bertz CT molecular complexity index is 465. The molecule has 3 heteroatoms. The Kier molecular flexibility index (Phi) is 4.19. The fraction of sp³-hybridized carbons (Fsp3) is 0.588. The number of rotatable bonds is 2. The number of nitrogens with one attached hydrogen (secondary N) is 2. The van der Waals surface area contributed by atoms with E-state index in [1.54, 1.807) is 0 Å². The van der Waals surface area contributed by atoms with Crippen LogP contribution in [-0.4, -0.2) is 18.0 Å². The molecule has 1 saturated heterocycles. The van der Waals surface area contributed by atoms with E-state index < -0.39 is 5.54 Å². The van der Waals surface area contributed by atoms with E-state index in [-0.39, 0.29) is 11.3 Å². The van der Waals surface area contributed by atoms with Crippen LogP contribution in [0.4, 0.5) is 5.69 Å². The van der Waals surface area contributed by atoms with Crippen LogP contribution in [-0.2, 0) is 10.2 Å². The van der Waals surface area contributed by atoms with Gasteiger partial charge in [-0.05, 0) is 55.8 Å². The highest BCUT2D eigenvalue weighted by atomic mass is 16.2. The maximum atomic E-state index is 12.4. The fourth-order valence-corrected chi connectivity index (χ4v) is 2.57. The summed E-state index contributed by atoms with van der Waals surface area (Å²) in [5.74, 6) is 0.0701. The lowest BCUT2D eigenvalue weighted by Gasteiger charge is -2.33. The molecule has 2 N–H and O–H groups in total. The first-order chi connectivity index (χ1) is 9.31. The van der Waals surface area contributed by atoms with Gasteiger partial charge in [0.15, 0.2) is 0 Å². The molecule has 20 heavy (non-hydrogen) atoms. The summed E-state index contributed by atoms with van der Waals surface area (Å²) in [4.78, 5) is 12.4. The van der Waals surface area contributed by atoms with Crippen molar-refractivity contribution in [1.82, 2.24) is 5.32 Å². The zero-order chi connectivity index (χ0) is 14.8. The monoisotopic (exact) mass is 274 g/mol. The smallest absolute Gasteiger partial charge is 0.244 e. The molecule has 0 aliphatic carbocycles. The normalized spacial score (nSPS) is 23.4. The third-order valence-corrected chi connectivity index (χ3v) is 4.13. The molecule has 1 aromatic rings. The molecule has 1 aromatic carbocycles. The van der Waals surface area contributed by atoms with Crippen molar-refractivity contribution in [1.29, 1.82) is 0 Å². The van der Waals surface area contributed by atoms with Crippen LogP contribution in [0, 0.1) is 0 Å². The van der Waals surface area contributed by atoms with Gasteiger partial charge in [0.25, 0.3) is 0 Å². The van der Waals surface area contributed by atoms with Crippen LogP contribution in [0.25, 0.3) is 0 Å². The van der Waals surface area contributed by atoms with Crippen LogP contribution >= 0.6 is 0 Å². The van der Waals surface area contributed by atoms with Gasteiger partial charge in [-0.3, -0.25) is 4.79 Å². The molecule has 1 atom stereocenters. The average Bonchev–Trinajstić information content (AvgIpc) is 2.39. The molecule has 0 radical (unpaired) electrons. The van der Waals surface area contributed by atoms with Crippen molar-refractivity contribution in [2.24, 2.45) is 0 Å². The first-order valence-corrected chi connectivity index (χ1v) is 7.48. The summed E-state index contributed by atoms with van der Waals surface area (Å²) in [7, 11) is 0. The number of hydrogen-bond donors (Lipinski definition) is 2. The number of carbonyl (C=O) groups excluding carboxylic acids is 1. The first kappa shape index (κ1) is 15.0. The van der Waals surface area contributed by atoms with Crippen LogP contribution in [0.15, 0.2) is 24.3 Å². The first-order valence-electron chi connectivity index (χ1n) is 7.48. The third kappa shape index (κ3) is 3.40. The van der Waals surface area contributed by atoms with Crippen molar-refractivity contribution >= 4 is 11.6 Å². The minimum absolute atomic E-state index is 0.0701. The Morgan fingerprint density at radius 1 is 1.20 bits per heavy atom. The van der Waals surface area contributed by atoms with E-state index in [0.717, 1.165) is 31.5 Å². The van der Waals surface area contributed by atoms with Gasteiger partial charge in [-0.25, -0.2) is 0 Å². The van der Waals surface area contributed by atoms with Crippen molar-refractivity contribution in [3.8, 4) is 0 Å². The Morgan fingerprint density at radius 2 is 1.85 bits per heavy atom. The largest absolute Gasteiger partial charge is 0.324 e. The van der Waals surface area contributed by atoms with Crippen molar-refractivity contribution in [2.75, 3.05) is 11.9 Å². The molecule has 1 aliphatic rings. The number of anilines is 1. The Hall–Kier alpha value is -1.35. The molecule has 1 aliphatic heterocycles. The van der Waals surface area contributed by atoms with E-state index in [0.29, 0.717) is 0 Å². The minimum atomic E-state index is -0.430. The van der Waals surface area contributed by atoms with Crippen LogP contribution in [0.1, 0.15) is 52.5 Å². The second-order valence-electron chi connectivity index (χ2n) is 7.00. The summed E-state index contributed by atoms with van der Waals surface area (Å²) < 4.78 is 0. The van der Waals surface area contributed by atoms with Crippen molar-refractivity contribution in [3.05, 3.63) is 29.8 Å². The predicted octanol–water partition coefficient (Wildman–Crippen LogP) is 3.45. The van der Waals surface area contributed by atoms with Gasteiger partial charge in [0.1, 0.15) is 0 Å². The van der Waals surface area contributed by atoms with Crippen molar-refractivity contribution in [2.45, 2.75) is 57.9 Å². The van der Waals surface area contributed by atoms with E-state index in [1.165, 1.54) is 5.56 Å². The van der Waals surface area contributed by atoms with E-state index in [9.17, 15) is 4.79 Å². The number of benzene rings is 1. The van der Waals surface area contributed by atoms with Crippen LogP contribution in [0.5, 0.6) is 0 Å². The van der Waals surface area contributed by atoms with Gasteiger partial charge in [-0.2, -0.15) is 0 Å². The molecule has 2 rings (SSSR count). The highest BCUT2D eigenvalue weighted by Gasteiger charge is 2.34. The minimum Gasteiger partial charge on any atom is -0.324 e. The molecule has 0 saturated carbocycles. The molecular formula is C17H26N2O. The van der Waals surface area contributed by atoms with Crippen LogP contribution in [0.3, 0.4) is 0 Å². The summed E-state index contributed by atoms with van der Waals surface area (Å²) in [6.07, 6.45) is 3.17. The zero-order valence-corrected chi connectivity index (χ0v) is 13.0. The predicted molar refractivity (Wildman–Crippen MR) is 84.0 cm³/mol. The summed E-state index contributed by atoms with van der Waals surface area (Å²) in [5.41, 5.74) is 1.86. The maximum Gasteiger partial charge on any atom is 0.244 e. The van der Waals surface area contributed by atoms with Gasteiger partial charge >= 0.3 is 0 Å². The molecule has 1 unspecified atom stereocenters. The quantitative estimate of drug-likeness (QED) is 0.867.